The molecule has 0 unspecified atom stereocenters. The topological polar surface area (TPSA) is 52.8 Å². The summed E-state index contributed by atoms with van der Waals surface area (Å²) in [5.41, 5.74) is 0. The van der Waals surface area contributed by atoms with Crippen LogP contribution >= 0.6 is 11.6 Å². The summed E-state index contributed by atoms with van der Waals surface area (Å²) in [4.78, 5) is 10.2. The van der Waals surface area contributed by atoms with Gasteiger partial charge >= 0.3 is 0 Å². The van der Waals surface area contributed by atoms with E-state index in [1.165, 1.54) is 0 Å². The Morgan fingerprint density at radius 2 is 2.12 bits per heavy atom. The van der Waals surface area contributed by atoms with Crippen LogP contribution in [0.2, 0.25) is 5.15 Å². The minimum atomic E-state index is 0.390. The van der Waals surface area contributed by atoms with Gasteiger partial charge in [-0.25, -0.2) is 9.97 Å². The second kappa shape index (κ2) is 6.29. The number of anilines is 1. The van der Waals surface area contributed by atoms with Crippen molar-refractivity contribution < 1.29 is 0 Å². The fourth-order valence-electron chi connectivity index (χ4n) is 1.44. The SMILES string of the molecule is CC(C)CN(CCC#N)c1nccnc1Cl. The number of nitriles is 1. The van der Waals surface area contributed by atoms with Crippen molar-refractivity contribution >= 4 is 17.4 Å². The van der Waals surface area contributed by atoms with Gasteiger partial charge in [-0.15, -0.1) is 0 Å². The second-order valence-electron chi connectivity index (χ2n) is 3.92. The predicted molar refractivity (Wildman–Crippen MR) is 64.3 cm³/mol. The van der Waals surface area contributed by atoms with E-state index < -0.39 is 0 Å². The van der Waals surface area contributed by atoms with Crippen LogP contribution in [0.4, 0.5) is 5.82 Å². The Kier molecular flexibility index (Phi) is 5.00. The molecule has 0 aliphatic rings. The fourth-order valence-corrected chi connectivity index (χ4v) is 1.66. The number of halogens is 1. The highest BCUT2D eigenvalue weighted by atomic mass is 35.5. The fraction of sp³-hybridized carbons (Fsp3) is 0.545. The standard InChI is InChI=1S/C11H15ClN4/c1-9(2)8-16(7-3-4-13)11-10(12)14-5-6-15-11/h5-6,9H,3,7-8H2,1-2H3. The summed E-state index contributed by atoms with van der Waals surface area (Å²) in [6, 6.07) is 2.13. The van der Waals surface area contributed by atoms with Gasteiger partial charge in [0, 0.05) is 25.5 Å². The zero-order valence-electron chi connectivity index (χ0n) is 9.52. The molecule has 86 valence electrons. The summed E-state index contributed by atoms with van der Waals surface area (Å²) in [5.74, 6) is 1.14. The van der Waals surface area contributed by atoms with Gasteiger partial charge in [0.25, 0.3) is 0 Å². The van der Waals surface area contributed by atoms with Crippen LogP contribution in [-0.4, -0.2) is 23.1 Å². The molecule has 0 saturated carbocycles. The van der Waals surface area contributed by atoms with Crippen LogP contribution in [0.15, 0.2) is 12.4 Å². The number of hydrogen-bond acceptors (Lipinski definition) is 4. The minimum Gasteiger partial charge on any atom is -0.353 e. The average molecular weight is 239 g/mol. The van der Waals surface area contributed by atoms with Crippen LogP contribution in [-0.2, 0) is 0 Å². The lowest BCUT2D eigenvalue weighted by Gasteiger charge is -2.24. The van der Waals surface area contributed by atoms with Crippen molar-refractivity contribution in [1.29, 1.82) is 5.26 Å². The van der Waals surface area contributed by atoms with Gasteiger partial charge in [-0.05, 0) is 5.92 Å². The van der Waals surface area contributed by atoms with Crippen molar-refractivity contribution in [3.05, 3.63) is 17.5 Å². The zero-order chi connectivity index (χ0) is 12.0. The van der Waals surface area contributed by atoms with Gasteiger partial charge in [-0.2, -0.15) is 5.26 Å². The molecular weight excluding hydrogens is 224 g/mol. The van der Waals surface area contributed by atoms with E-state index in [9.17, 15) is 0 Å². The maximum Gasteiger partial charge on any atom is 0.171 e. The van der Waals surface area contributed by atoms with Gasteiger partial charge < -0.3 is 4.90 Å². The van der Waals surface area contributed by atoms with Crippen molar-refractivity contribution in [2.45, 2.75) is 20.3 Å². The summed E-state index contributed by atoms with van der Waals surface area (Å²) in [5, 5.41) is 9.01. The van der Waals surface area contributed by atoms with Gasteiger partial charge in [0.2, 0.25) is 0 Å². The molecule has 0 atom stereocenters. The molecule has 0 amide bonds. The molecule has 0 fully saturated rings. The largest absolute Gasteiger partial charge is 0.353 e. The monoisotopic (exact) mass is 238 g/mol. The summed E-state index contributed by atoms with van der Waals surface area (Å²) < 4.78 is 0. The Hall–Kier alpha value is -1.34. The number of rotatable bonds is 5. The molecule has 0 spiro atoms. The Balaban J connectivity index is 2.83. The van der Waals surface area contributed by atoms with E-state index >= 15 is 0 Å². The quantitative estimate of drug-likeness (QED) is 0.791. The Morgan fingerprint density at radius 3 is 2.69 bits per heavy atom. The molecular formula is C11H15ClN4. The van der Waals surface area contributed by atoms with Crippen molar-refractivity contribution in [2.75, 3.05) is 18.0 Å². The lowest BCUT2D eigenvalue weighted by atomic mass is 10.2. The molecule has 16 heavy (non-hydrogen) atoms. The highest BCUT2D eigenvalue weighted by Crippen LogP contribution is 2.20. The lowest BCUT2D eigenvalue weighted by molar-refractivity contribution is 0.607. The van der Waals surface area contributed by atoms with E-state index in [4.69, 9.17) is 16.9 Å². The normalized spacial score (nSPS) is 10.2. The Bertz CT molecular complexity index is 372. The smallest absolute Gasteiger partial charge is 0.171 e. The minimum absolute atomic E-state index is 0.390. The second-order valence-corrected chi connectivity index (χ2v) is 4.28. The molecule has 4 nitrogen and oxygen atoms in total. The molecule has 1 aromatic rings. The third-order valence-corrected chi connectivity index (χ3v) is 2.28. The van der Waals surface area contributed by atoms with Crippen LogP contribution in [0.25, 0.3) is 0 Å². The van der Waals surface area contributed by atoms with Gasteiger partial charge in [0.1, 0.15) is 0 Å². The van der Waals surface area contributed by atoms with E-state index in [1.807, 2.05) is 4.90 Å². The number of aromatic nitrogens is 2. The first kappa shape index (κ1) is 12.7. The molecule has 0 aromatic carbocycles. The first-order valence-corrected chi connectivity index (χ1v) is 5.61. The Morgan fingerprint density at radius 1 is 1.44 bits per heavy atom. The van der Waals surface area contributed by atoms with E-state index in [0.717, 1.165) is 6.54 Å². The van der Waals surface area contributed by atoms with E-state index in [2.05, 4.69) is 29.9 Å². The third kappa shape index (κ3) is 3.67. The van der Waals surface area contributed by atoms with Crippen LogP contribution in [0.5, 0.6) is 0 Å². The van der Waals surface area contributed by atoms with Gasteiger partial charge in [-0.3, -0.25) is 0 Å². The molecule has 0 N–H and O–H groups in total. The molecule has 0 radical (unpaired) electrons. The van der Waals surface area contributed by atoms with E-state index in [0.29, 0.717) is 29.9 Å². The Labute approximate surface area is 101 Å². The molecule has 5 heteroatoms. The van der Waals surface area contributed by atoms with Crippen LogP contribution < -0.4 is 4.90 Å². The number of nitrogens with zero attached hydrogens (tertiary/aromatic N) is 4. The molecule has 0 bridgehead atoms. The molecule has 0 aliphatic heterocycles. The molecule has 0 saturated heterocycles. The van der Waals surface area contributed by atoms with Crippen LogP contribution in [0.1, 0.15) is 20.3 Å². The highest BCUT2D eigenvalue weighted by Gasteiger charge is 2.13. The molecule has 1 aromatic heterocycles. The van der Waals surface area contributed by atoms with Crippen molar-refractivity contribution in [3.8, 4) is 6.07 Å². The zero-order valence-corrected chi connectivity index (χ0v) is 10.3. The first-order valence-electron chi connectivity index (χ1n) is 5.23. The van der Waals surface area contributed by atoms with Crippen molar-refractivity contribution in [2.24, 2.45) is 5.92 Å². The summed E-state index contributed by atoms with van der Waals surface area (Å²) in [7, 11) is 0. The molecule has 1 heterocycles. The summed E-state index contributed by atoms with van der Waals surface area (Å²) >= 11 is 5.98. The average Bonchev–Trinajstić information content (AvgIpc) is 2.24. The summed E-state index contributed by atoms with van der Waals surface area (Å²) in [6.07, 6.45) is 3.63. The first-order chi connectivity index (χ1) is 7.65. The maximum atomic E-state index is 8.62. The van der Waals surface area contributed by atoms with Crippen molar-refractivity contribution in [1.82, 2.24) is 9.97 Å². The van der Waals surface area contributed by atoms with Gasteiger partial charge in [0.15, 0.2) is 11.0 Å². The summed E-state index contributed by atoms with van der Waals surface area (Å²) in [6.45, 7) is 5.68. The molecule has 0 aliphatic carbocycles. The van der Waals surface area contributed by atoms with Crippen molar-refractivity contribution in [3.63, 3.8) is 0 Å². The highest BCUT2D eigenvalue weighted by molar-refractivity contribution is 6.31. The lowest BCUT2D eigenvalue weighted by Crippen LogP contribution is -2.29. The van der Waals surface area contributed by atoms with E-state index in [-0.39, 0.29) is 0 Å². The predicted octanol–water partition coefficient (Wildman–Crippen LogP) is 2.51. The van der Waals surface area contributed by atoms with Crippen LogP contribution in [0, 0.1) is 17.2 Å². The maximum absolute atomic E-state index is 8.62. The van der Waals surface area contributed by atoms with Gasteiger partial charge in [-0.1, -0.05) is 25.4 Å². The number of hydrogen-bond donors (Lipinski definition) is 0. The van der Waals surface area contributed by atoms with Crippen LogP contribution in [0.3, 0.4) is 0 Å². The third-order valence-electron chi connectivity index (χ3n) is 2.01. The van der Waals surface area contributed by atoms with Gasteiger partial charge in [0.05, 0.1) is 12.5 Å². The molecule has 1 rings (SSSR count). The van der Waals surface area contributed by atoms with E-state index in [1.54, 1.807) is 12.4 Å².